The first kappa shape index (κ1) is 23.7. The van der Waals surface area contributed by atoms with Crippen LogP contribution in [0.1, 0.15) is 18.4 Å². The van der Waals surface area contributed by atoms with Gasteiger partial charge in [0.05, 0.1) is 11.6 Å². The second kappa shape index (κ2) is 11.1. The van der Waals surface area contributed by atoms with Crippen molar-refractivity contribution in [3.63, 3.8) is 0 Å². The Hall–Kier alpha value is -2.94. The number of urea groups is 1. The van der Waals surface area contributed by atoms with E-state index in [2.05, 4.69) is 31.6 Å². The fraction of sp³-hybridized carbons (Fsp3) is 0.348. The number of hydrogen-bond donors (Lipinski definition) is 2. The molecule has 0 saturated carbocycles. The van der Waals surface area contributed by atoms with Gasteiger partial charge in [-0.05, 0) is 53.0 Å². The van der Waals surface area contributed by atoms with E-state index in [1.807, 2.05) is 24.3 Å². The van der Waals surface area contributed by atoms with Crippen LogP contribution in [0, 0.1) is 11.7 Å². The molecule has 0 bridgehead atoms. The van der Waals surface area contributed by atoms with Gasteiger partial charge in [-0.1, -0.05) is 18.2 Å². The van der Waals surface area contributed by atoms with Gasteiger partial charge in [0.25, 0.3) is 0 Å². The molecular weight excluding hydrogens is 479 g/mol. The summed E-state index contributed by atoms with van der Waals surface area (Å²) in [5, 5.41) is 5.89. The largest absolute Gasteiger partial charge is 0.496 e. The highest BCUT2D eigenvalue weighted by Gasteiger charge is 2.30. The molecule has 1 aliphatic rings. The number of ether oxygens (including phenoxy) is 1. The summed E-state index contributed by atoms with van der Waals surface area (Å²) in [6.07, 6.45) is 1.10. The summed E-state index contributed by atoms with van der Waals surface area (Å²) in [5.74, 6) is 0.227. The van der Waals surface area contributed by atoms with Crippen molar-refractivity contribution in [1.29, 1.82) is 0 Å². The van der Waals surface area contributed by atoms with Crippen LogP contribution < -0.4 is 15.4 Å². The first-order valence-corrected chi connectivity index (χ1v) is 11.1. The molecule has 7 nitrogen and oxygen atoms in total. The van der Waals surface area contributed by atoms with Gasteiger partial charge in [-0.15, -0.1) is 0 Å². The first-order valence-electron chi connectivity index (χ1n) is 10.3. The van der Waals surface area contributed by atoms with E-state index in [1.165, 1.54) is 6.07 Å². The lowest BCUT2D eigenvalue weighted by Gasteiger charge is -2.31. The number of amidine groups is 1. The van der Waals surface area contributed by atoms with Crippen LogP contribution in [0.15, 0.2) is 51.9 Å². The van der Waals surface area contributed by atoms with E-state index in [1.54, 1.807) is 31.2 Å². The molecule has 0 radical (unpaired) electrons. The molecule has 3 rings (SSSR count). The zero-order valence-electron chi connectivity index (χ0n) is 18.0. The topological polar surface area (TPSA) is 83.0 Å². The van der Waals surface area contributed by atoms with Crippen molar-refractivity contribution in [2.75, 3.05) is 32.6 Å². The fourth-order valence-corrected chi connectivity index (χ4v) is 3.99. The molecule has 1 heterocycles. The van der Waals surface area contributed by atoms with Gasteiger partial charge in [0.1, 0.15) is 11.6 Å². The number of amides is 2. The van der Waals surface area contributed by atoms with Crippen molar-refractivity contribution < 1.29 is 18.7 Å². The molecule has 2 N–H and O–H groups in total. The summed E-state index contributed by atoms with van der Waals surface area (Å²) in [7, 11) is 3.14. The lowest BCUT2D eigenvalue weighted by Crippen LogP contribution is -2.46. The summed E-state index contributed by atoms with van der Waals surface area (Å²) in [4.78, 5) is 31.3. The summed E-state index contributed by atoms with van der Waals surface area (Å²) in [5.41, 5.74) is 1.47. The number of methoxy groups -OCH3 is 1. The van der Waals surface area contributed by atoms with E-state index in [4.69, 9.17) is 4.74 Å². The van der Waals surface area contributed by atoms with Crippen LogP contribution in [0.4, 0.5) is 14.9 Å². The van der Waals surface area contributed by atoms with Gasteiger partial charge in [0.15, 0.2) is 5.84 Å². The number of para-hydroxylation sites is 1. The van der Waals surface area contributed by atoms with Crippen LogP contribution in [-0.4, -0.2) is 49.8 Å². The second-order valence-electron chi connectivity index (χ2n) is 7.42. The number of piperidine rings is 1. The molecule has 2 aromatic carbocycles. The number of nitrogens with zero attached hydrogens (tertiary/aromatic N) is 2. The minimum Gasteiger partial charge on any atom is -0.496 e. The zero-order valence-corrected chi connectivity index (χ0v) is 19.6. The third-order valence-electron chi connectivity index (χ3n) is 5.41. The smallest absolute Gasteiger partial charge is 0.317 e. The van der Waals surface area contributed by atoms with Crippen LogP contribution in [0.2, 0.25) is 0 Å². The maximum Gasteiger partial charge on any atom is 0.317 e. The molecule has 1 saturated heterocycles. The highest BCUT2D eigenvalue weighted by atomic mass is 79.9. The monoisotopic (exact) mass is 504 g/mol. The van der Waals surface area contributed by atoms with Crippen LogP contribution in [0.5, 0.6) is 5.75 Å². The number of anilines is 1. The lowest BCUT2D eigenvalue weighted by molar-refractivity contribution is -0.117. The third kappa shape index (κ3) is 5.85. The van der Waals surface area contributed by atoms with E-state index in [-0.39, 0.29) is 29.4 Å². The predicted octanol–water partition coefficient (Wildman–Crippen LogP) is 4.23. The minimum atomic E-state index is -0.381. The number of Topliss-reactive ketones (excluding diaryl/α,β-unsaturated/α-hetero) is 1. The van der Waals surface area contributed by atoms with Crippen molar-refractivity contribution in [2.24, 2.45) is 10.9 Å². The van der Waals surface area contributed by atoms with E-state index < -0.39 is 0 Å². The molecular formula is C23H26BrFN4O3. The number of aliphatic imine (C=N–C) groups is 1. The summed E-state index contributed by atoms with van der Waals surface area (Å²) < 4.78 is 19.1. The maximum atomic E-state index is 13.4. The number of halogens is 2. The highest BCUT2D eigenvalue weighted by Crippen LogP contribution is 2.23. The Balaban J connectivity index is 1.51. The highest BCUT2D eigenvalue weighted by molar-refractivity contribution is 9.10. The molecule has 0 unspecified atom stereocenters. The van der Waals surface area contributed by atoms with E-state index in [9.17, 15) is 14.0 Å². The van der Waals surface area contributed by atoms with E-state index in [0.29, 0.717) is 42.6 Å². The van der Waals surface area contributed by atoms with Crippen molar-refractivity contribution in [2.45, 2.75) is 19.4 Å². The Morgan fingerprint density at radius 3 is 2.59 bits per heavy atom. The van der Waals surface area contributed by atoms with Gasteiger partial charge in [-0.25, -0.2) is 9.18 Å². The Kier molecular flexibility index (Phi) is 8.21. The van der Waals surface area contributed by atoms with Gasteiger partial charge in [0, 0.05) is 43.9 Å². The van der Waals surface area contributed by atoms with Gasteiger partial charge in [-0.3, -0.25) is 9.79 Å². The van der Waals surface area contributed by atoms with Crippen molar-refractivity contribution in [3.8, 4) is 5.75 Å². The number of carbonyl (C=O) groups is 2. The number of rotatable bonds is 6. The number of benzene rings is 2. The van der Waals surface area contributed by atoms with Crippen molar-refractivity contribution >= 4 is 39.3 Å². The number of nitrogens with one attached hydrogen (secondary N) is 2. The molecule has 2 amide bonds. The van der Waals surface area contributed by atoms with Crippen LogP contribution in [0.3, 0.4) is 0 Å². The quantitative estimate of drug-likeness (QED) is 0.455. The predicted molar refractivity (Wildman–Crippen MR) is 126 cm³/mol. The van der Waals surface area contributed by atoms with E-state index >= 15 is 0 Å². The minimum absolute atomic E-state index is 0.109. The second-order valence-corrected chi connectivity index (χ2v) is 8.28. The summed E-state index contributed by atoms with van der Waals surface area (Å²) >= 11 is 3.14. The molecule has 170 valence electrons. The normalized spacial score (nSPS) is 14.8. The molecule has 32 heavy (non-hydrogen) atoms. The van der Waals surface area contributed by atoms with Crippen molar-refractivity contribution in [1.82, 2.24) is 10.2 Å². The van der Waals surface area contributed by atoms with Crippen LogP contribution in [-0.2, 0) is 11.3 Å². The zero-order chi connectivity index (χ0) is 23.1. The maximum absolute atomic E-state index is 13.4. The lowest BCUT2D eigenvalue weighted by atomic mass is 9.92. The Labute approximate surface area is 195 Å². The number of ketones is 1. The third-order valence-corrected chi connectivity index (χ3v) is 6.02. The summed E-state index contributed by atoms with van der Waals surface area (Å²) in [6.45, 7) is 1.33. The number of carbonyl (C=O) groups excluding carboxylic acids is 2. The molecule has 0 spiro atoms. The van der Waals surface area contributed by atoms with Gasteiger partial charge < -0.3 is 20.3 Å². The van der Waals surface area contributed by atoms with Gasteiger partial charge >= 0.3 is 6.03 Å². The average molecular weight is 505 g/mol. The molecule has 2 aromatic rings. The van der Waals surface area contributed by atoms with E-state index in [0.717, 1.165) is 11.3 Å². The SMILES string of the molecule is CN=C(Nc1ccc(F)c(Br)c1)C(=O)C1CCN(C(=O)NCc2ccccc2OC)CC1. The molecule has 0 aromatic heterocycles. The van der Waals surface area contributed by atoms with Crippen molar-refractivity contribution in [3.05, 3.63) is 58.3 Å². The average Bonchev–Trinajstić information content (AvgIpc) is 2.83. The Morgan fingerprint density at radius 2 is 1.94 bits per heavy atom. The summed E-state index contributed by atoms with van der Waals surface area (Å²) in [6, 6.07) is 11.8. The standard InChI is InChI=1S/C23H26BrFN4O3/c1-26-22(28-17-7-8-19(25)18(24)13-17)21(30)15-9-11-29(12-10-15)23(31)27-14-16-5-3-4-6-20(16)32-2/h3-8,13,15H,9-12,14H2,1-2H3,(H,26,28)(H,27,31). The van der Waals surface area contributed by atoms with Gasteiger partial charge in [-0.2, -0.15) is 0 Å². The fourth-order valence-electron chi connectivity index (χ4n) is 3.61. The Morgan fingerprint density at radius 1 is 1.22 bits per heavy atom. The molecule has 0 aliphatic carbocycles. The van der Waals surface area contributed by atoms with Gasteiger partial charge in [0.2, 0.25) is 5.78 Å². The Bertz CT molecular complexity index is 1010. The molecule has 9 heteroatoms. The van der Waals surface area contributed by atoms with Crippen LogP contribution >= 0.6 is 15.9 Å². The molecule has 1 fully saturated rings. The number of hydrogen-bond acceptors (Lipinski definition) is 4. The first-order chi connectivity index (χ1) is 15.4. The molecule has 1 aliphatic heterocycles. The number of likely N-dealkylation sites (tertiary alicyclic amines) is 1. The molecule has 0 atom stereocenters. The van der Waals surface area contributed by atoms with Crippen LogP contribution in [0.25, 0.3) is 0 Å².